The summed E-state index contributed by atoms with van der Waals surface area (Å²) in [5.41, 5.74) is 2.15. The highest BCUT2D eigenvalue weighted by molar-refractivity contribution is 6.31. The van der Waals surface area contributed by atoms with E-state index in [1.165, 1.54) is 0 Å². The van der Waals surface area contributed by atoms with E-state index in [9.17, 15) is 14.7 Å². The minimum atomic E-state index is -0.899. The molecule has 0 saturated heterocycles. The molecule has 1 aliphatic heterocycles. The molecule has 1 amide bonds. The summed E-state index contributed by atoms with van der Waals surface area (Å²) in [6.45, 7) is 6.26. The van der Waals surface area contributed by atoms with Gasteiger partial charge >= 0.3 is 12.1 Å². The number of halogens is 1. The zero-order valence-electron chi connectivity index (χ0n) is 14.5. The van der Waals surface area contributed by atoms with E-state index in [2.05, 4.69) is 0 Å². The highest BCUT2D eigenvalue weighted by Gasteiger charge is 2.29. The van der Waals surface area contributed by atoms with E-state index in [0.29, 0.717) is 24.5 Å². The van der Waals surface area contributed by atoms with Gasteiger partial charge in [0.2, 0.25) is 0 Å². The van der Waals surface area contributed by atoms with Gasteiger partial charge in [0.1, 0.15) is 12.1 Å². The second kappa shape index (κ2) is 6.26. The molecule has 0 spiro atoms. The Bertz CT molecular complexity index is 851. The van der Waals surface area contributed by atoms with Crippen LogP contribution in [-0.2, 0) is 29.0 Å². The van der Waals surface area contributed by atoms with Crippen molar-refractivity contribution in [2.45, 2.75) is 45.9 Å². The number of amides is 1. The Labute approximate surface area is 150 Å². The van der Waals surface area contributed by atoms with Crippen molar-refractivity contribution in [2.75, 3.05) is 6.54 Å². The lowest BCUT2D eigenvalue weighted by atomic mass is 10.0. The van der Waals surface area contributed by atoms with Crippen LogP contribution in [0.25, 0.3) is 10.9 Å². The number of rotatable bonds is 2. The number of fused-ring (bicyclic) bond motifs is 3. The molecule has 2 aromatic rings. The minimum Gasteiger partial charge on any atom is -0.480 e. The van der Waals surface area contributed by atoms with E-state index >= 15 is 0 Å². The molecule has 1 aromatic heterocycles. The maximum atomic E-state index is 12.4. The monoisotopic (exact) mass is 364 g/mol. The number of carboxylic acids is 1. The van der Waals surface area contributed by atoms with Gasteiger partial charge in [0.25, 0.3) is 0 Å². The number of carbonyl (C=O) groups excluding carboxylic acids is 1. The average Bonchev–Trinajstić information content (AvgIpc) is 2.78. The first kappa shape index (κ1) is 17.6. The molecule has 2 heterocycles. The molecule has 0 atom stereocenters. The van der Waals surface area contributed by atoms with E-state index in [-0.39, 0.29) is 12.6 Å². The van der Waals surface area contributed by atoms with Gasteiger partial charge in [-0.3, -0.25) is 4.79 Å². The van der Waals surface area contributed by atoms with Gasteiger partial charge in [0.05, 0.1) is 6.54 Å². The number of carboxylic acid groups (broad SMARTS) is 1. The molecular weight excluding hydrogens is 344 g/mol. The predicted octanol–water partition coefficient (Wildman–Crippen LogP) is 3.67. The van der Waals surface area contributed by atoms with Crippen LogP contribution in [-0.4, -0.2) is 38.8 Å². The van der Waals surface area contributed by atoms with E-state index in [0.717, 1.165) is 22.2 Å². The second-order valence-corrected chi connectivity index (χ2v) is 7.65. The number of carbonyl (C=O) groups is 2. The number of aromatic nitrogens is 1. The maximum absolute atomic E-state index is 12.4. The minimum absolute atomic E-state index is 0.111. The Morgan fingerprint density at radius 2 is 2.04 bits per heavy atom. The molecule has 25 heavy (non-hydrogen) atoms. The van der Waals surface area contributed by atoms with Gasteiger partial charge in [-0.2, -0.15) is 0 Å². The normalized spacial score (nSPS) is 14.5. The topological polar surface area (TPSA) is 71.8 Å². The summed E-state index contributed by atoms with van der Waals surface area (Å²) in [4.78, 5) is 25.3. The number of hydrogen-bond donors (Lipinski definition) is 1. The number of ether oxygens (including phenoxy) is 1. The summed E-state index contributed by atoms with van der Waals surface area (Å²) in [7, 11) is 0. The third-order valence-electron chi connectivity index (χ3n) is 4.16. The molecule has 0 bridgehead atoms. The highest BCUT2D eigenvalue weighted by Crippen LogP contribution is 2.33. The van der Waals surface area contributed by atoms with Crippen LogP contribution in [0.5, 0.6) is 0 Å². The van der Waals surface area contributed by atoms with Crippen molar-refractivity contribution >= 4 is 34.6 Å². The molecule has 6 nitrogen and oxygen atoms in total. The summed E-state index contributed by atoms with van der Waals surface area (Å²) >= 11 is 6.13. The van der Waals surface area contributed by atoms with Gasteiger partial charge in [-0.1, -0.05) is 11.6 Å². The average molecular weight is 365 g/mol. The van der Waals surface area contributed by atoms with Crippen molar-refractivity contribution in [2.24, 2.45) is 0 Å². The van der Waals surface area contributed by atoms with Crippen molar-refractivity contribution in [1.82, 2.24) is 9.47 Å². The Balaban J connectivity index is 2.01. The lowest BCUT2D eigenvalue weighted by molar-refractivity contribution is -0.137. The molecule has 1 aromatic carbocycles. The summed E-state index contributed by atoms with van der Waals surface area (Å²) in [6, 6.07) is 5.41. The molecule has 1 N–H and O–H groups in total. The first-order chi connectivity index (χ1) is 11.7. The van der Waals surface area contributed by atoms with Crippen molar-refractivity contribution in [1.29, 1.82) is 0 Å². The number of benzene rings is 1. The van der Waals surface area contributed by atoms with E-state index < -0.39 is 11.6 Å². The third-order valence-corrected chi connectivity index (χ3v) is 4.40. The summed E-state index contributed by atoms with van der Waals surface area (Å²) in [6.07, 6.45) is 0.216. The number of hydrogen-bond acceptors (Lipinski definition) is 3. The lowest BCUT2D eigenvalue weighted by Crippen LogP contribution is -2.40. The van der Waals surface area contributed by atoms with Crippen LogP contribution in [0.4, 0.5) is 4.79 Å². The van der Waals surface area contributed by atoms with Crippen LogP contribution in [0.2, 0.25) is 5.02 Å². The maximum Gasteiger partial charge on any atom is 0.410 e. The summed E-state index contributed by atoms with van der Waals surface area (Å²) in [5.74, 6) is -0.899. The Kier molecular flexibility index (Phi) is 4.41. The Morgan fingerprint density at radius 1 is 1.32 bits per heavy atom. The molecule has 0 saturated carbocycles. The fraction of sp³-hybridized carbons (Fsp3) is 0.444. The molecule has 134 valence electrons. The molecule has 0 radical (unpaired) electrons. The quantitative estimate of drug-likeness (QED) is 0.882. The van der Waals surface area contributed by atoms with Gasteiger partial charge < -0.3 is 19.3 Å². The third kappa shape index (κ3) is 3.58. The smallest absolute Gasteiger partial charge is 0.410 e. The molecule has 0 unspecified atom stereocenters. The first-order valence-electron chi connectivity index (χ1n) is 8.15. The van der Waals surface area contributed by atoms with Crippen molar-refractivity contribution in [3.63, 3.8) is 0 Å². The van der Waals surface area contributed by atoms with Crippen molar-refractivity contribution < 1.29 is 19.4 Å². The van der Waals surface area contributed by atoms with E-state index in [4.69, 9.17) is 16.3 Å². The fourth-order valence-electron chi connectivity index (χ4n) is 3.22. The van der Waals surface area contributed by atoms with Crippen LogP contribution in [0.1, 0.15) is 32.0 Å². The summed E-state index contributed by atoms with van der Waals surface area (Å²) < 4.78 is 7.26. The Hall–Kier alpha value is -2.21. The van der Waals surface area contributed by atoms with Crippen molar-refractivity contribution in [3.05, 3.63) is 34.5 Å². The highest BCUT2D eigenvalue weighted by atomic mass is 35.5. The Morgan fingerprint density at radius 3 is 2.68 bits per heavy atom. The molecule has 3 rings (SSSR count). The number of aliphatic carboxylic acids is 1. The number of nitrogens with zero attached hydrogens (tertiary/aromatic N) is 2. The van der Waals surface area contributed by atoms with Gasteiger partial charge in [-0.15, -0.1) is 0 Å². The van der Waals surface area contributed by atoms with Gasteiger partial charge in [0, 0.05) is 40.1 Å². The van der Waals surface area contributed by atoms with Crippen LogP contribution in [0, 0.1) is 0 Å². The molecule has 0 aliphatic carbocycles. The largest absolute Gasteiger partial charge is 0.480 e. The van der Waals surface area contributed by atoms with Crippen LogP contribution < -0.4 is 0 Å². The lowest BCUT2D eigenvalue weighted by Gasteiger charge is -2.30. The fourth-order valence-corrected chi connectivity index (χ4v) is 3.39. The van der Waals surface area contributed by atoms with Gasteiger partial charge in [-0.25, -0.2) is 4.79 Å². The SMILES string of the molecule is CC(C)(C)OC(=O)N1CCc2c(c3cc(Cl)ccc3n2CC(=O)O)C1. The zero-order chi connectivity index (χ0) is 18.4. The molecule has 1 aliphatic rings. The predicted molar refractivity (Wildman–Crippen MR) is 94.9 cm³/mol. The van der Waals surface area contributed by atoms with Crippen LogP contribution in [0.15, 0.2) is 18.2 Å². The molecule has 0 fully saturated rings. The summed E-state index contributed by atoms with van der Waals surface area (Å²) in [5, 5.41) is 10.7. The standard InChI is InChI=1S/C18H21ClN2O4/c1-18(2,3)25-17(24)20-7-6-15-13(9-20)12-8-11(19)4-5-14(12)21(15)10-16(22)23/h4-5,8H,6-7,9-10H2,1-3H3,(H,22,23). The van der Waals surface area contributed by atoms with Crippen molar-refractivity contribution in [3.8, 4) is 0 Å². The van der Waals surface area contributed by atoms with E-state index in [1.54, 1.807) is 15.5 Å². The van der Waals surface area contributed by atoms with Crippen LogP contribution >= 0.6 is 11.6 Å². The van der Waals surface area contributed by atoms with Crippen LogP contribution in [0.3, 0.4) is 0 Å². The second-order valence-electron chi connectivity index (χ2n) is 7.22. The first-order valence-corrected chi connectivity index (χ1v) is 8.53. The van der Waals surface area contributed by atoms with Gasteiger partial charge in [0.15, 0.2) is 0 Å². The van der Waals surface area contributed by atoms with E-state index in [1.807, 2.05) is 32.9 Å². The van der Waals surface area contributed by atoms with Gasteiger partial charge in [-0.05, 0) is 39.0 Å². The molecular formula is C18H21ClN2O4. The molecule has 7 heteroatoms. The zero-order valence-corrected chi connectivity index (χ0v) is 15.3.